The highest BCUT2D eigenvalue weighted by molar-refractivity contribution is 8.00. The molecule has 1 aliphatic rings. The molecule has 0 radical (unpaired) electrons. The summed E-state index contributed by atoms with van der Waals surface area (Å²) in [5.74, 6) is 0.653. The fraction of sp³-hybridized carbons (Fsp3) is 0.333. The summed E-state index contributed by atoms with van der Waals surface area (Å²) >= 11 is 9.22. The number of aromatic nitrogens is 1. The first kappa shape index (κ1) is 19.6. The maximum Gasteiger partial charge on any atom is 0.233 e. The number of hydrogen-bond acceptors (Lipinski definition) is 5. The number of anilines is 1. The summed E-state index contributed by atoms with van der Waals surface area (Å²) in [5, 5.41) is 1.78. The average molecular weight is 432 g/mol. The van der Waals surface area contributed by atoms with Gasteiger partial charge in [-0.3, -0.25) is 4.79 Å². The van der Waals surface area contributed by atoms with Crippen molar-refractivity contribution in [2.75, 3.05) is 36.8 Å². The molecule has 1 fully saturated rings. The van der Waals surface area contributed by atoms with Crippen LogP contribution >= 0.6 is 34.7 Å². The Morgan fingerprint density at radius 3 is 2.61 bits per heavy atom. The molecule has 0 saturated carbocycles. The summed E-state index contributed by atoms with van der Waals surface area (Å²) in [7, 11) is 0. The van der Waals surface area contributed by atoms with Crippen molar-refractivity contribution >= 4 is 56.0 Å². The Hall–Kier alpha value is -1.76. The van der Waals surface area contributed by atoms with Gasteiger partial charge in [-0.2, -0.15) is 0 Å². The Labute approximate surface area is 178 Å². The topological polar surface area (TPSA) is 36.4 Å². The minimum Gasteiger partial charge on any atom is -0.345 e. The van der Waals surface area contributed by atoms with Gasteiger partial charge in [0.25, 0.3) is 0 Å². The predicted molar refractivity (Wildman–Crippen MR) is 120 cm³/mol. The lowest BCUT2D eigenvalue weighted by molar-refractivity contribution is -0.128. The van der Waals surface area contributed by atoms with Crippen molar-refractivity contribution < 1.29 is 4.79 Å². The van der Waals surface area contributed by atoms with Crippen LogP contribution in [-0.4, -0.2) is 47.7 Å². The molecule has 2 aromatic carbocycles. The van der Waals surface area contributed by atoms with Crippen LogP contribution in [0.4, 0.5) is 5.13 Å². The van der Waals surface area contributed by atoms with Crippen LogP contribution in [0.2, 0.25) is 5.02 Å². The van der Waals surface area contributed by atoms with Crippen molar-refractivity contribution in [3.05, 3.63) is 53.1 Å². The van der Waals surface area contributed by atoms with Crippen molar-refractivity contribution in [3.63, 3.8) is 0 Å². The summed E-state index contributed by atoms with van der Waals surface area (Å²) in [5.41, 5.74) is 2.43. The van der Waals surface area contributed by atoms with Gasteiger partial charge in [0.2, 0.25) is 5.91 Å². The van der Waals surface area contributed by atoms with Gasteiger partial charge in [0.15, 0.2) is 5.13 Å². The molecule has 7 heteroatoms. The maximum atomic E-state index is 12.6. The van der Waals surface area contributed by atoms with Gasteiger partial charge in [0.1, 0.15) is 0 Å². The van der Waals surface area contributed by atoms with Crippen LogP contribution in [0.3, 0.4) is 0 Å². The molecule has 1 aromatic heterocycles. The molecule has 1 saturated heterocycles. The number of aryl methyl sites for hydroxylation is 1. The zero-order valence-electron chi connectivity index (χ0n) is 15.7. The maximum absolute atomic E-state index is 12.6. The summed E-state index contributed by atoms with van der Waals surface area (Å²) in [4.78, 5) is 22.8. The van der Waals surface area contributed by atoms with Crippen molar-refractivity contribution in [3.8, 4) is 0 Å². The largest absolute Gasteiger partial charge is 0.345 e. The van der Waals surface area contributed by atoms with E-state index in [4.69, 9.17) is 16.6 Å². The number of carbonyl (C=O) groups excluding carboxylic acids is 1. The van der Waals surface area contributed by atoms with Crippen LogP contribution in [0.15, 0.2) is 47.4 Å². The van der Waals surface area contributed by atoms with E-state index in [1.807, 2.05) is 29.2 Å². The van der Waals surface area contributed by atoms with E-state index < -0.39 is 0 Å². The normalized spacial score (nSPS) is 14.6. The number of thioether (sulfide) groups is 1. The predicted octanol–water partition coefficient (Wildman–Crippen LogP) is 4.95. The fourth-order valence-electron chi connectivity index (χ4n) is 3.33. The molecule has 146 valence electrons. The second-order valence-electron chi connectivity index (χ2n) is 6.72. The Balaban J connectivity index is 1.34. The quantitative estimate of drug-likeness (QED) is 0.535. The van der Waals surface area contributed by atoms with Gasteiger partial charge < -0.3 is 9.80 Å². The molecule has 4 rings (SSSR count). The van der Waals surface area contributed by atoms with Gasteiger partial charge in [0.05, 0.1) is 16.0 Å². The van der Waals surface area contributed by atoms with Crippen LogP contribution in [0.1, 0.15) is 12.5 Å². The first-order valence-corrected chi connectivity index (χ1v) is 11.6. The highest BCUT2D eigenvalue weighted by Crippen LogP contribution is 2.31. The lowest BCUT2D eigenvalue weighted by atomic mass is 10.1. The Bertz CT molecular complexity index is 965. The van der Waals surface area contributed by atoms with Crippen molar-refractivity contribution in [2.24, 2.45) is 0 Å². The number of carbonyl (C=O) groups is 1. The van der Waals surface area contributed by atoms with Crippen molar-refractivity contribution in [1.29, 1.82) is 0 Å². The Morgan fingerprint density at radius 1 is 1.14 bits per heavy atom. The first-order valence-electron chi connectivity index (χ1n) is 9.43. The number of fused-ring (bicyclic) bond motifs is 1. The molecule has 4 nitrogen and oxygen atoms in total. The summed E-state index contributed by atoms with van der Waals surface area (Å²) in [6, 6.07) is 14.0. The molecule has 1 aliphatic heterocycles. The fourth-order valence-corrected chi connectivity index (χ4v) is 5.32. The number of piperazine rings is 1. The highest BCUT2D eigenvalue weighted by atomic mass is 35.5. The molecule has 1 amide bonds. The van der Waals surface area contributed by atoms with E-state index in [0.29, 0.717) is 10.8 Å². The number of thiazole rings is 1. The molecule has 0 bridgehead atoms. The Morgan fingerprint density at radius 2 is 1.89 bits per heavy atom. The van der Waals surface area contributed by atoms with E-state index in [2.05, 4.69) is 30.0 Å². The number of benzene rings is 2. The van der Waals surface area contributed by atoms with Crippen molar-refractivity contribution in [2.45, 2.75) is 18.2 Å². The number of para-hydroxylation sites is 1. The number of nitrogens with zero attached hydrogens (tertiary/aromatic N) is 3. The van der Waals surface area contributed by atoms with Gasteiger partial charge >= 0.3 is 0 Å². The van der Waals surface area contributed by atoms with Gasteiger partial charge in [-0.25, -0.2) is 4.98 Å². The summed E-state index contributed by atoms with van der Waals surface area (Å²) in [6.45, 7) is 5.32. The van der Waals surface area contributed by atoms with Gasteiger partial charge in [-0.1, -0.05) is 42.0 Å². The van der Waals surface area contributed by atoms with E-state index in [0.717, 1.165) is 48.1 Å². The third-order valence-electron chi connectivity index (χ3n) is 4.95. The van der Waals surface area contributed by atoms with E-state index in [-0.39, 0.29) is 5.91 Å². The first-order chi connectivity index (χ1) is 13.6. The molecule has 0 spiro atoms. The summed E-state index contributed by atoms with van der Waals surface area (Å²) < 4.78 is 1.24. The van der Waals surface area contributed by atoms with Gasteiger partial charge in [0, 0.05) is 36.1 Å². The van der Waals surface area contributed by atoms with E-state index in [1.165, 1.54) is 10.3 Å². The third-order valence-corrected chi connectivity index (χ3v) is 7.28. The lowest BCUT2D eigenvalue weighted by Gasteiger charge is -2.34. The highest BCUT2D eigenvalue weighted by Gasteiger charge is 2.23. The smallest absolute Gasteiger partial charge is 0.233 e. The minimum atomic E-state index is 0.192. The SMILES string of the molecule is CCc1cccc2sc(N3CCN(C(=O)CSc4ccc(Cl)cc4)CC3)nc12. The zero-order valence-corrected chi connectivity index (χ0v) is 18.1. The molecular formula is C21H22ClN3OS2. The molecule has 0 N–H and O–H groups in total. The van der Waals surface area contributed by atoms with E-state index in [9.17, 15) is 4.79 Å². The molecule has 28 heavy (non-hydrogen) atoms. The number of rotatable bonds is 5. The average Bonchev–Trinajstić information content (AvgIpc) is 3.17. The van der Waals surface area contributed by atoms with Crippen LogP contribution in [0, 0.1) is 0 Å². The van der Waals surface area contributed by atoms with Gasteiger partial charge in [-0.15, -0.1) is 11.8 Å². The third kappa shape index (κ3) is 4.29. The number of amides is 1. The van der Waals surface area contributed by atoms with Gasteiger partial charge in [-0.05, 0) is 42.3 Å². The number of halogens is 1. The minimum absolute atomic E-state index is 0.192. The standard InChI is InChI=1S/C21H22ClN3OS2/c1-2-15-4-3-5-18-20(15)23-21(28-18)25-12-10-24(11-13-25)19(26)14-27-17-8-6-16(22)7-9-17/h3-9H,2,10-14H2,1H3. The molecule has 0 unspecified atom stereocenters. The van der Waals surface area contributed by atoms with E-state index >= 15 is 0 Å². The molecular weight excluding hydrogens is 410 g/mol. The monoisotopic (exact) mass is 431 g/mol. The van der Waals surface area contributed by atoms with Crippen molar-refractivity contribution in [1.82, 2.24) is 9.88 Å². The molecule has 3 aromatic rings. The molecule has 2 heterocycles. The zero-order chi connectivity index (χ0) is 19.5. The molecule has 0 atom stereocenters. The lowest BCUT2D eigenvalue weighted by Crippen LogP contribution is -2.49. The summed E-state index contributed by atoms with van der Waals surface area (Å²) in [6.07, 6.45) is 0.994. The second-order valence-corrected chi connectivity index (χ2v) is 9.22. The van der Waals surface area contributed by atoms with Crippen LogP contribution in [0.25, 0.3) is 10.2 Å². The second kappa shape index (κ2) is 8.72. The molecule has 0 aliphatic carbocycles. The van der Waals surface area contributed by atoms with Crippen LogP contribution < -0.4 is 4.90 Å². The van der Waals surface area contributed by atoms with Crippen LogP contribution in [-0.2, 0) is 11.2 Å². The van der Waals surface area contributed by atoms with E-state index in [1.54, 1.807) is 23.1 Å². The number of hydrogen-bond donors (Lipinski definition) is 0. The Kier molecular flexibility index (Phi) is 6.09. The van der Waals surface area contributed by atoms with Crippen LogP contribution in [0.5, 0.6) is 0 Å².